The highest BCUT2D eigenvalue weighted by atomic mass is 16.5. The summed E-state index contributed by atoms with van der Waals surface area (Å²) >= 11 is 0. The van der Waals surface area contributed by atoms with Crippen molar-refractivity contribution < 1.29 is 4.74 Å². The van der Waals surface area contributed by atoms with Gasteiger partial charge in [-0.25, -0.2) is 0 Å². The van der Waals surface area contributed by atoms with Gasteiger partial charge < -0.3 is 15.4 Å². The number of nitrogens with zero attached hydrogens (tertiary/aromatic N) is 1. The Balaban J connectivity index is 2.51. The van der Waals surface area contributed by atoms with Crippen LogP contribution in [0.25, 0.3) is 0 Å². The largest absolute Gasteiger partial charge is 0.377 e. The van der Waals surface area contributed by atoms with E-state index in [0.29, 0.717) is 12.1 Å². The van der Waals surface area contributed by atoms with E-state index >= 15 is 0 Å². The molecule has 0 spiro atoms. The molecule has 15 heavy (non-hydrogen) atoms. The lowest BCUT2D eigenvalue weighted by molar-refractivity contribution is 0.0657. The Bertz CT molecular complexity index is 204. The van der Waals surface area contributed by atoms with Crippen molar-refractivity contribution in [1.29, 1.82) is 0 Å². The van der Waals surface area contributed by atoms with Gasteiger partial charge in [-0.1, -0.05) is 13.8 Å². The second kappa shape index (κ2) is 4.81. The van der Waals surface area contributed by atoms with E-state index in [1.165, 1.54) is 0 Å². The van der Waals surface area contributed by atoms with Crippen molar-refractivity contribution in [3.8, 4) is 0 Å². The zero-order chi connectivity index (χ0) is 11.6. The Morgan fingerprint density at radius 2 is 2.13 bits per heavy atom. The minimum atomic E-state index is 0.164. The Morgan fingerprint density at radius 3 is 2.53 bits per heavy atom. The Kier molecular flexibility index (Phi) is 4.15. The normalized spacial score (nSPS) is 29.8. The summed E-state index contributed by atoms with van der Waals surface area (Å²) in [6.45, 7) is 10.6. The summed E-state index contributed by atoms with van der Waals surface area (Å²) in [5.74, 6) is 0. The lowest BCUT2D eigenvalue weighted by atomic mass is 9.85. The molecule has 0 aromatic heterocycles. The van der Waals surface area contributed by atoms with Crippen molar-refractivity contribution in [2.45, 2.75) is 52.3 Å². The highest BCUT2D eigenvalue weighted by molar-refractivity contribution is 4.86. The fraction of sp³-hybridized carbons (Fsp3) is 1.00. The van der Waals surface area contributed by atoms with Crippen LogP contribution in [0.1, 0.15) is 34.1 Å². The monoisotopic (exact) mass is 214 g/mol. The molecule has 2 N–H and O–H groups in total. The quantitative estimate of drug-likeness (QED) is 0.770. The highest BCUT2D eigenvalue weighted by Gasteiger charge is 2.32. The summed E-state index contributed by atoms with van der Waals surface area (Å²) in [7, 11) is 2.18. The molecule has 1 aliphatic heterocycles. The van der Waals surface area contributed by atoms with Crippen LogP contribution in [0.4, 0.5) is 0 Å². The summed E-state index contributed by atoms with van der Waals surface area (Å²) in [6, 6.07) is 0.778. The molecule has 0 radical (unpaired) electrons. The smallest absolute Gasteiger partial charge is 0.0702 e. The summed E-state index contributed by atoms with van der Waals surface area (Å²) < 4.78 is 5.59. The van der Waals surface area contributed by atoms with Crippen LogP contribution >= 0.6 is 0 Å². The predicted molar refractivity (Wildman–Crippen MR) is 63.9 cm³/mol. The van der Waals surface area contributed by atoms with Crippen molar-refractivity contribution in [3.63, 3.8) is 0 Å². The molecule has 3 atom stereocenters. The third-order valence-electron chi connectivity index (χ3n) is 3.79. The van der Waals surface area contributed by atoms with Crippen molar-refractivity contribution in [2.24, 2.45) is 11.1 Å². The van der Waals surface area contributed by atoms with Gasteiger partial charge in [-0.15, -0.1) is 0 Å². The van der Waals surface area contributed by atoms with Gasteiger partial charge >= 0.3 is 0 Å². The molecule has 3 heteroatoms. The third kappa shape index (κ3) is 3.16. The number of likely N-dealkylation sites (N-methyl/N-ethyl adjacent to an activating group) is 1. The van der Waals surface area contributed by atoms with Gasteiger partial charge in [0.25, 0.3) is 0 Å². The summed E-state index contributed by atoms with van der Waals surface area (Å²) in [6.07, 6.45) is 1.51. The standard InChI is InChI=1S/C12H26N2O/c1-9-11(6-7-15-9)14(5)8-12(3,4)10(2)13/h9-11H,6-8,13H2,1-5H3. The van der Waals surface area contributed by atoms with Crippen LogP contribution in [0.5, 0.6) is 0 Å². The van der Waals surface area contributed by atoms with E-state index in [9.17, 15) is 0 Å². The molecule has 0 bridgehead atoms. The molecule has 3 unspecified atom stereocenters. The first kappa shape index (κ1) is 12.9. The molecule has 1 rings (SSSR count). The van der Waals surface area contributed by atoms with Crippen molar-refractivity contribution >= 4 is 0 Å². The van der Waals surface area contributed by atoms with Gasteiger partial charge in [0.2, 0.25) is 0 Å². The van der Waals surface area contributed by atoms with Crippen LogP contribution in [0, 0.1) is 5.41 Å². The lowest BCUT2D eigenvalue weighted by Crippen LogP contribution is -2.47. The van der Waals surface area contributed by atoms with E-state index in [1.54, 1.807) is 0 Å². The molecule has 1 saturated heterocycles. The fourth-order valence-corrected chi connectivity index (χ4v) is 2.20. The molecule has 0 aromatic carbocycles. The molecule has 90 valence electrons. The van der Waals surface area contributed by atoms with Crippen LogP contribution in [-0.4, -0.2) is 43.3 Å². The number of nitrogens with two attached hydrogens (primary N) is 1. The molecule has 1 heterocycles. The van der Waals surface area contributed by atoms with E-state index in [1.807, 2.05) is 0 Å². The summed E-state index contributed by atoms with van der Waals surface area (Å²) in [4.78, 5) is 2.40. The molecular weight excluding hydrogens is 188 g/mol. The zero-order valence-electron chi connectivity index (χ0n) is 10.8. The van der Waals surface area contributed by atoms with E-state index in [-0.39, 0.29) is 11.5 Å². The Morgan fingerprint density at radius 1 is 1.53 bits per heavy atom. The van der Waals surface area contributed by atoms with Crippen molar-refractivity contribution in [1.82, 2.24) is 4.90 Å². The minimum Gasteiger partial charge on any atom is -0.377 e. The Hall–Kier alpha value is -0.120. The first-order valence-electron chi connectivity index (χ1n) is 5.92. The van der Waals surface area contributed by atoms with E-state index < -0.39 is 0 Å². The third-order valence-corrected chi connectivity index (χ3v) is 3.79. The molecule has 0 amide bonds. The second-order valence-electron chi connectivity index (χ2n) is 5.62. The average molecular weight is 214 g/mol. The lowest BCUT2D eigenvalue weighted by Gasteiger charge is -2.37. The molecule has 1 aliphatic rings. The van der Waals surface area contributed by atoms with Gasteiger partial charge in [0.1, 0.15) is 0 Å². The maximum Gasteiger partial charge on any atom is 0.0702 e. The van der Waals surface area contributed by atoms with Gasteiger partial charge in [-0.3, -0.25) is 0 Å². The SMILES string of the molecule is CC1OCCC1N(C)CC(C)(C)C(C)N. The molecular formula is C12H26N2O. The fourth-order valence-electron chi connectivity index (χ4n) is 2.20. The topological polar surface area (TPSA) is 38.5 Å². The van der Waals surface area contributed by atoms with Crippen LogP contribution in [0.3, 0.4) is 0 Å². The number of hydrogen-bond donors (Lipinski definition) is 1. The minimum absolute atomic E-state index is 0.164. The molecule has 3 nitrogen and oxygen atoms in total. The van der Waals surface area contributed by atoms with Crippen LogP contribution in [0.15, 0.2) is 0 Å². The van der Waals surface area contributed by atoms with Crippen molar-refractivity contribution in [2.75, 3.05) is 20.2 Å². The van der Waals surface area contributed by atoms with Crippen LogP contribution < -0.4 is 5.73 Å². The molecule has 1 fully saturated rings. The number of ether oxygens (including phenoxy) is 1. The van der Waals surface area contributed by atoms with E-state index in [2.05, 4.69) is 39.6 Å². The van der Waals surface area contributed by atoms with E-state index in [0.717, 1.165) is 19.6 Å². The maximum absolute atomic E-state index is 5.99. The Labute approximate surface area is 94.0 Å². The van der Waals surface area contributed by atoms with Crippen LogP contribution in [0.2, 0.25) is 0 Å². The maximum atomic E-state index is 5.99. The second-order valence-corrected chi connectivity index (χ2v) is 5.62. The summed E-state index contributed by atoms with van der Waals surface area (Å²) in [5.41, 5.74) is 6.16. The zero-order valence-corrected chi connectivity index (χ0v) is 10.8. The van der Waals surface area contributed by atoms with Gasteiger partial charge in [-0.2, -0.15) is 0 Å². The van der Waals surface area contributed by atoms with Gasteiger partial charge in [-0.05, 0) is 32.7 Å². The summed E-state index contributed by atoms with van der Waals surface area (Å²) in [5, 5.41) is 0. The molecule has 0 aromatic rings. The van der Waals surface area contributed by atoms with Crippen molar-refractivity contribution in [3.05, 3.63) is 0 Å². The van der Waals surface area contributed by atoms with E-state index in [4.69, 9.17) is 10.5 Å². The van der Waals surface area contributed by atoms with Gasteiger partial charge in [0.05, 0.1) is 6.10 Å². The van der Waals surface area contributed by atoms with Crippen LogP contribution in [-0.2, 0) is 4.74 Å². The predicted octanol–water partition coefficient (Wildman–Crippen LogP) is 1.47. The van der Waals surface area contributed by atoms with Gasteiger partial charge in [0, 0.05) is 25.2 Å². The average Bonchev–Trinajstić information content (AvgIpc) is 2.50. The number of hydrogen-bond acceptors (Lipinski definition) is 3. The highest BCUT2D eigenvalue weighted by Crippen LogP contribution is 2.25. The first-order valence-corrected chi connectivity index (χ1v) is 5.92. The first-order chi connectivity index (χ1) is 6.84. The molecule has 0 saturated carbocycles. The molecule has 0 aliphatic carbocycles. The number of rotatable bonds is 4. The van der Waals surface area contributed by atoms with Gasteiger partial charge in [0.15, 0.2) is 0 Å².